The Hall–Kier alpha value is -1.62. The molecule has 2 aromatic heterocycles. The van der Waals surface area contributed by atoms with Crippen LogP contribution in [0.5, 0.6) is 0 Å². The Kier molecular flexibility index (Phi) is 3.61. The van der Waals surface area contributed by atoms with E-state index in [1.165, 1.54) is 29.5 Å². The lowest BCUT2D eigenvalue weighted by molar-refractivity contribution is 0.187. The third kappa shape index (κ3) is 2.06. The molecule has 5 heteroatoms. The van der Waals surface area contributed by atoms with Crippen molar-refractivity contribution in [1.29, 1.82) is 0 Å². The number of rotatable bonds is 4. The first kappa shape index (κ1) is 13.4. The molecule has 3 heterocycles. The molecule has 0 spiro atoms. The average molecular weight is 274 g/mol. The van der Waals surface area contributed by atoms with Crippen LogP contribution >= 0.6 is 0 Å². The molecule has 1 saturated heterocycles. The van der Waals surface area contributed by atoms with Gasteiger partial charge in [0.25, 0.3) is 0 Å². The van der Waals surface area contributed by atoms with Gasteiger partial charge in [0.2, 0.25) is 0 Å². The first-order valence-corrected chi connectivity index (χ1v) is 7.28. The molecule has 108 valence electrons. The Balaban J connectivity index is 2.14. The van der Waals surface area contributed by atoms with Crippen LogP contribution in [-0.2, 0) is 11.3 Å². The topological polar surface area (TPSA) is 43.2 Å². The van der Waals surface area contributed by atoms with Crippen molar-refractivity contribution in [1.82, 2.24) is 14.5 Å². The Morgan fingerprint density at radius 2 is 1.95 bits per heavy atom. The van der Waals surface area contributed by atoms with Crippen molar-refractivity contribution >= 4 is 16.9 Å². The summed E-state index contributed by atoms with van der Waals surface area (Å²) in [4.78, 5) is 11.5. The molecular formula is C15H22N4O. The fraction of sp³-hybridized carbons (Fsp3) is 0.600. The third-order valence-electron chi connectivity index (χ3n) is 4.31. The van der Waals surface area contributed by atoms with Crippen LogP contribution in [0.4, 0.5) is 5.82 Å². The van der Waals surface area contributed by atoms with Crippen LogP contribution in [0.25, 0.3) is 11.0 Å². The molecule has 0 saturated carbocycles. The van der Waals surface area contributed by atoms with Crippen LogP contribution in [0.1, 0.15) is 24.1 Å². The van der Waals surface area contributed by atoms with Gasteiger partial charge in [-0.3, -0.25) is 0 Å². The predicted molar refractivity (Wildman–Crippen MR) is 80.3 cm³/mol. The first-order valence-electron chi connectivity index (χ1n) is 7.28. The molecule has 0 unspecified atom stereocenters. The van der Waals surface area contributed by atoms with Crippen molar-refractivity contribution in [2.75, 3.05) is 31.7 Å². The SMILES string of the molecule is COCCn1c(C)c(C)c2c(N3CCCC3)ncnc21. The highest BCUT2D eigenvalue weighted by Gasteiger charge is 2.21. The lowest BCUT2D eigenvalue weighted by Gasteiger charge is -2.17. The van der Waals surface area contributed by atoms with Crippen molar-refractivity contribution < 1.29 is 4.74 Å². The number of aromatic nitrogens is 3. The first-order chi connectivity index (χ1) is 9.74. The van der Waals surface area contributed by atoms with E-state index < -0.39 is 0 Å². The molecule has 3 rings (SSSR count). The zero-order valence-electron chi connectivity index (χ0n) is 12.5. The minimum absolute atomic E-state index is 0.701. The van der Waals surface area contributed by atoms with Crippen molar-refractivity contribution in [3.63, 3.8) is 0 Å². The van der Waals surface area contributed by atoms with Crippen LogP contribution in [0.2, 0.25) is 0 Å². The molecule has 1 aliphatic rings. The zero-order valence-corrected chi connectivity index (χ0v) is 12.5. The standard InChI is InChI=1S/C15H22N4O/c1-11-12(2)19(8-9-20-3)15-13(11)14(16-10-17-15)18-6-4-5-7-18/h10H,4-9H2,1-3H3. The van der Waals surface area contributed by atoms with E-state index >= 15 is 0 Å². The van der Waals surface area contributed by atoms with Gasteiger partial charge in [0.1, 0.15) is 17.8 Å². The number of nitrogens with zero attached hydrogens (tertiary/aromatic N) is 4. The van der Waals surface area contributed by atoms with Crippen molar-refractivity contribution in [3.05, 3.63) is 17.6 Å². The van der Waals surface area contributed by atoms with Crippen molar-refractivity contribution in [2.24, 2.45) is 0 Å². The molecule has 2 aromatic rings. The maximum absolute atomic E-state index is 5.21. The van der Waals surface area contributed by atoms with Gasteiger partial charge >= 0.3 is 0 Å². The molecular weight excluding hydrogens is 252 g/mol. The summed E-state index contributed by atoms with van der Waals surface area (Å²) in [6.07, 6.45) is 4.21. The van der Waals surface area contributed by atoms with E-state index in [2.05, 4.69) is 33.3 Å². The van der Waals surface area contributed by atoms with Crippen LogP contribution < -0.4 is 4.90 Å². The van der Waals surface area contributed by atoms with Crippen LogP contribution in [0.3, 0.4) is 0 Å². The molecule has 20 heavy (non-hydrogen) atoms. The van der Waals surface area contributed by atoms with E-state index in [0.29, 0.717) is 6.61 Å². The monoisotopic (exact) mass is 274 g/mol. The fourth-order valence-corrected chi connectivity index (χ4v) is 3.07. The summed E-state index contributed by atoms with van der Waals surface area (Å²) in [7, 11) is 1.73. The van der Waals surface area contributed by atoms with E-state index in [-0.39, 0.29) is 0 Å². The highest BCUT2D eigenvalue weighted by molar-refractivity contribution is 5.92. The number of aryl methyl sites for hydroxylation is 1. The maximum atomic E-state index is 5.21. The largest absolute Gasteiger partial charge is 0.383 e. The van der Waals surface area contributed by atoms with Crippen molar-refractivity contribution in [2.45, 2.75) is 33.2 Å². The minimum Gasteiger partial charge on any atom is -0.383 e. The van der Waals surface area contributed by atoms with Gasteiger partial charge in [-0.15, -0.1) is 0 Å². The summed E-state index contributed by atoms with van der Waals surface area (Å²) < 4.78 is 7.46. The molecule has 0 N–H and O–H groups in total. The van der Waals surface area contributed by atoms with Gasteiger partial charge in [-0.05, 0) is 32.3 Å². The molecule has 0 aliphatic carbocycles. The Morgan fingerprint density at radius 1 is 1.20 bits per heavy atom. The molecule has 5 nitrogen and oxygen atoms in total. The van der Waals surface area contributed by atoms with E-state index in [1.807, 2.05) is 0 Å². The highest BCUT2D eigenvalue weighted by atomic mass is 16.5. The minimum atomic E-state index is 0.701. The molecule has 0 amide bonds. The Labute approximate surface area is 119 Å². The summed E-state index contributed by atoms with van der Waals surface area (Å²) in [6, 6.07) is 0. The second-order valence-electron chi connectivity index (χ2n) is 5.44. The number of fused-ring (bicyclic) bond motifs is 1. The normalized spacial score (nSPS) is 15.4. The van der Waals surface area contributed by atoms with Gasteiger partial charge < -0.3 is 14.2 Å². The summed E-state index contributed by atoms with van der Waals surface area (Å²) in [5.74, 6) is 1.10. The molecule has 0 aromatic carbocycles. The van der Waals surface area contributed by atoms with E-state index in [9.17, 15) is 0 Å². The predicted octanol–water partition coefficient (Wildman–Crippen LogP) is 2.29. The van der Waals surface area contributed by atoms with E-state index in [0.717, 1.165) is 31.1 Å². The van der Waals surface area contributed by atoms with Crippen molar-refractivity contribution in [3.8, 4) is 0 Å². The second kappa shape index (κ2) is 5.40. The summed E-state index contributed by atoms with van der Waals surface area (Å²) in [5.41, 5.74) is 3.59. The number of anilines is 1. The summed E-state index contributed by atoms with van der Waals surface area (Å²) in [5, 5.41) is 1.21. The molecule has 0 radical (unpaired) electrons. The second-order valence-corrected chi connectivity index (χ2v) is 5.44. The van der Waals surface area contributed by atoms with Gasteiger partial charge in [-0.2, -0.15) is 0 Å². The van der Waals surface area contributed by atoms with Gasteiger partial charge in [-0.1, -0.05) is 0 Å². The fourth-order valence-electron chi connectivity index (χ4n) is 3.07. The number of ether oxygens (including phenoxy) is 1. The Bertz CT molecular complexity index is 614. The smallest absolute Gasteiger partial charge is 0.146 e. The summed E-state index contributed by atoms with van der Waals surface area (Å²) in [6.45, 7) is 8.07. The molecule has 1 aliphatic heterocycles. The van der Waals surface area contributed by atoms with E-state index in [1.54, 1.807) is 13.4 Å². The third-order valence-corrected chi connectivity index (χ3v) is 4.31. The van der Waals surface area contributed by atoms with Gasteiger partial charge in [-0.25, -0.2) is 9.97 Å². The average Bonchev–Trinajstić information content (AvgIpc) is 3.07. The van der Waals surface area contributed by atoms with Gasteiger partial charge in [0, 0.05) is 32.4 Å². The highest BCUT2D eigenvalue weighted by Crippen LogP contribution is 2.32. The molecule has 0 atom stereocenters. The molecule has 1 fully saturated rings. The summed E-state index contributed by atoms with van der Waals surface area (Å²) >= 11 is 0. The van der Waals surface area contributed by atoms with Crippen LogP contribution in [-0.4, -0.2) is 41.3 Å². The lowest BCUT2D eigenvalue weighted by Crippen LogP contribution is -2.19. The van der Waals surface area contributed by atoms with Crippen LogP contribution in [0.15, 0.2) is 6.33 Å². The quantitative estimate of drug-likeness (QED) is 0.858. The lowest BCUT2D eigenvalue weighted by atomic mass is 10.2. The van der Waals surface area contributed by atoms with Gasteiger partial charge in [0.15, 0.2) is 0 Å². The molecule has 0 bridgehead atoms. The number of hydrogen-bond donors (Lipinski definition) is 0. The van der Waals surface area contributed by atoms with Gasteiger partial charge in [0.05, 0.1) is 12.0 Å². The number of methoxy groups -OCH3 is 1. The zero-order chi connectivity index (χ0) is 14.1. The number of hydrogen-bond acceptors (Lipinski definition) is 4. The Morgan fingerprint density at radius 3 is 2.65 bits per heavy atom. The van der Waals surface area contributed by atoms with E-state index in [4.69, 9.17) is 4.74 Å². The van der Waals surface area contributed by atoms with Crippen LogP contribution in [0, 0.1) is 13.8 Å². The maximum Gasteiger partial charge on any atom is 0.146 e.